The number of rotatable bonds is 4. The van der Waals surface area contributed by atoms with Crippen LogP contribution >= 0.6 is 15.9 Å². The molecule has 1 aromatic carbocycles. The lowest BCUT2D eigenvalue weighted by Gasteiger charge is -2.17. The number of amides is 1. The van der Waals surface area contributed by atoms with Gasteiger partial charge in [0.05, 0.1) is 5.56 Å². The summed E-state index contributed by atoms with van der Waals surface area (Å²) in [5, 5.41) is 3.83. The number of halogens is 2. The zero-order valence-corrected chi connectivity index (χ0v) is 11.7. The van der Waals surface area contributed by atoms with Crippen LogP contribution in [-0.4, -0.2) is 17.8 Å². The summed E-state index contributed by atoms with van der Waals surface area (Å²) in [7, 11) is 0. The highest BCUT2D eigenvalue weighted by atomic mass is 79.9. The van der Waals surface area contributed by atoms with Gasteiger partial charge in [-0.2, -0.15) is 0 Å². The fourth-order valence-electron chi connectivity index (χ4n) is 2.55. The highest BCUT2D eigenvalue weighted by molar-refractivity contribution is 9.09. The molecule has 0 aromatic heterocycles. The van der Waals surface area contributed by atoms with Gasteiger partial charge in [-0.3, -0.25) is 4.79 Å². The Kier molecular flexibility index (Phi) is 4.75. The normalized spacial score (nSPS) is 23.0. The van der Waals surface area contributed by atoms with Gasteiger partial charge in [0.25, 0.3) is 5.91 Å². The molecule has 1 fully saturated rings. The Bertz CT molecular complexity index is 424. The number of alkyl halides is 1. The van der Waals surface area contributed by atoms with Crippen molar-refractivity contribution in [1.82, 2.24) is 5.32 Å². The first kappa shape index (κ1) is 13.5. The summed E-state index contributed by atoms with van der Waals surface area (Å²) in [5.74, 6) is 0.373. The van der Waals surface area contributed by atoms with E-state index in [4.69, 9.17) is 0 Å². The SMILES string of the molecule is O=C(NCC1CCCC1CBr)c1ccccc1F. The molecule has 1 aliphatic rings. The summed E-state index contributed by atoms with van der Waals surface area (Å²) in [4.78, 5) is 11.9. The number of carbonyl (C=O) groups excluding carboxylic acids is 1. The van der Waals surface area contributed by atoms with Crippen LogP contribution in [0.3, 0.4) is 0 Å². The van der Waals surface area contributed by atoms with E-state index < -0.39 is 5.82 Å². The molecular weight excluding hydrogens is 297 g/mol. The van der Waals surface area contributed by atoms with E-state index in [1.807, 2.05) is 0 Å². The largest absolute Gasteiger partial charge is 0.352 e. The van der Waals surface area contributed by atoms with Crippen LogP contribution in [-0.2, 0) is 0 Å². The van der Waals surface area contributed by atoms with Crippen molar-refractivity contribution < 1.29 is 9.18 Å². The lowest BCUT2D eigenvalue weighted by atomic mass is 9.98. The lowest BCUT2D eigenvalue weighted by Crippen LogP contribution is -2.31. The minimum Gasteiger partial charge on any atom is -0.352 e. The lowest BCUT2D eigenvalue weighted by molar-refractivity contribution is 0.0941. The standard InChI is InChI=1S/C14H17BrFNO/c15-8-10-4-3-5-11(10)9-17-14(18)12-6-1-2-7-13(12)16/h1-2,6-7,10-11H,3-5,8-9H2,(H,17,18). The number of benzene rings is 1. The van der Waals surface area contributed by atoms with E-state index in [2.05, 4.69) is 21.2 Å². The molecule has 0 radical (unpaired) electrons. The summed E-state index contributed by atoms with van der Waals surface area (Å²) in [6.07, 6.45) is 3.58. The summed E-state index contributed by atoms with van der Waals surface area (Å²) in [6, 6.07) is 6.09. The van der Waals surface area contributed by atoms with Crippen molar-refractivity contribution in [1.29, 1.82) is 0 Å². The molecule has 0 heterocycles. The number of hydrogen-bond donors (Lipinski definition) is 1. The smallest absolute Gasteiger partial charge is 0.254 e. The molecule has 98 valence electrons. The third kappa shape index (κ3) is 3.10. The first-order valence-electron chi connectivity index (χ1n) is 6.31. The van der Waals surface area contributed by atoms with Crippen LogP contribution in [0.4, 0.5) is 4.39 Å². The predicted octanol–water partition coefficient (Wildman–Crippen LogP) is 3.37. The topological polar surface area (TPSA) is 29.1 Å². The summed E-state index contributed by atoms with van der Waals surface area (Å²) >= 11 is 3.51. The van der Waals surface area contributed by atoms with E-state index >= 15 is 0 Å². The van der Waals surface area contributed by atoms with Crippen LogP contribution < -0.4 is 5.32 Å². The van der Waals surface area contributed by atoms with Crippen molar-refractivity contribution in [3.05, 3.63) is 35.6 Å². The van der Waals surface area contributed by atoms with Crippen LogP contribution in [0.2, 0.25) is 0 Å². The Labute approximate surface area is 115 Å². The molecule has 0 aliphatic heterocycles. The van der Waals surface area contributed by atoms with E-state index in [9.17, 15) is 9.18 Å². The van der Waals surface area contributed by atoms with Crippen molar-refractivity contribution in [2.24, 2.45) is 11.8 Å². The maximum Gasteiger partial charge on any atom is 0.254 e. The molecule has 0 spiro atoms. The van der Waals surface area contributed by atoms with E-state index in [0.717, 1.165) is 11.8 Å². The average Bonchev–Trinajstić information content (AvgIpc) is 2.84. The van der Waals surface area contributed by atoms with E-state index in [1.54, 1.807) is 12.1 Å². The fourth-order valence-corrected chi connectivity index (χ4v) is 3.40. The Morgan fingerprint density at radius 3 is 2.78 bits per heavy atom. The number of carbonyl (C=O) groups is 1. The zero-order chi connectivity index (χ0) is 13.0. The predicted molar refractivity (Wildman–Crippen MR) is 73.4 cm³/mol. The molecule has 2 rings (SSSR count). The molecule has 0 bridgehead atoms. The number of nitrogens with one attached hydrogen (secondary N) is 1. The van der Waals surface area contributed by atoms with Gasteiger partial charge in [0.15, 0.2) is 0 Å². The Morgan fingerprint density at radius 1 is 1.33 bits per heavy atom. The van der Waals surface area contributed by atoms with Gasteiger partial charge >= 0.3 is 0 Å². The van der Waals surface area contributed by atoms with Crippen molar-refractivity contribution >= 4 is 21.8 Å². The van der Waals surface area contributed by atoms with Crippen molar-refractivity contribution in [3.63, 3.8) is 0 Å². The van der Waals surface area contributed by atoms with Gasteiger partial charge in [-0.05, 0) is 36.8 Å². The molecular formula is C14H17BrFNO. The van der Waals surface area contributed by atoms with Crippen LogP contribution in [0, 0.1) is 17.7 Å². The molecule has 1 aromatic rings. The van der Waals surface area contributed by atoms with E-state index in [-0.39, 0.29) is 11.5 Å². The van der Waals surface area contributed by atoms with Gasteiger partial charge in [0.2, 0.25) is 0 Å². The summed E-state index contributed by atoms with van der Waals surface area (Å²) < 4.78 is 13.4. The molecule has 2 unspecified atom stereocenters. The fraction of sp³-hybridized carbons (Fsp3) is 0.500. The van der Waals surface area contributed by atoms with Gasteiger partial charge < -0.3 is 5.32 Å². The third-order valence-electron chi connectivity index (χ3n) is 3.66. The van der Waals surface area contributed by atoms with Crippen molar-refractivity contribution in [2.75, 3.05) is 11.9 Å². The summed E-state index contributed by atoms with van der Waals surface area (Å²) in [6.45, 7) is 0.642. The highest BCUT2D eigenvalue weighted by Gasteiger charge is 2.26. The van der Waals surface area contributed by atoms with Gasteiger partial charge in [-0.1, -0.05) is 34.5 Å². The minimum atomic E-state index is -0.460. The first-order valence-corrected chi connectivity index (χ1v) is 7.43. The van der Waals surface area contributed by atoms with Crippen LogP contribution in [0.5, 0.6) is 0 Å². The maximum absolute atomic E-state index is 13.4. The van der Waals surface area contributed by atoms with Crippen LogP contribution in [0.15, 0.2) is 24.3 Å². The molecule has 0 saturated heterocycles. The zero-order valence-electron chi connectivity index (χ0n) is 10.2. The quantitative estimate of drug-likeness (QED) is 0.848. The van der Waals surface area contributed by atoms with Crippen LogP contribution in [0.25, 0.3) is 0 Å². The monoisotopic (exact) mass is 313 g/mol. The molecule has 4 heteroatoms. The molecule has 1 amide bonds. The third-order valence-corrected chi connectivity index (χ3v) is 4.49. The summed E-state index contributed by atoms with van der Waals surface area (Å²) in [5.41, 5.74) is 0.130. The van der Waals surface area contributed by atoms with E-state index in [1.165, 1.54) is 25.0 Å². The van der Waals surface area contributed by atoms with Gasteiger partial charge in [-0.15, -0.1) is 0 Å². The Morgan fingerprint density at radius 2 is 2.06 bits per heavy atom. The molecule has 18 heavy (non-hydrogen) atoms. The molecule has 1 aliphatic carbocycles. The molecule has 2 atom stereocenters. The van der Waals surface area contributed by atoms with Gasteiger partial charge in [-0.25, -0.2) is 4.39 Å². The van der Waals surface area contributed by atoms with Gasteiger partial charge in [0, 0.05) is 11.9 Å². The molecule has 1 N–H and O–H groups in total. The van der Waals surface area contributed by atoms with Gasteiger partial charge in [0.1, 0.15) is 5.82 Å². The second-order valence-electron chi connectivity index (χ2n) is 4.80. The first-order chi connectivity index (χ1) is 8.72. The average molecular weight is 314 g/mol. The molecule has 1 saturated carbocycles. The molecule has 2 nitrogen and oxygen atoms in total. The number of hydrogen-bond acceptors (Lipinski definition) is 1. The second kappa shape index (κ2) is 6.32. The maximum atomic E-state index is 13.4. The highest BCUT2D eigenvalue weighted by Crippen LogP contribution is 2.32. The van der Waals surface area contributed by atoms with Crippen LogP contribution in [0.1, 0.15) is 29.6 Å². The van der Waals surface area contributed by atoms with E-state index in [0.29, 0.717) is 18.4 Å². The van der Waals surface area contributed by atoms with Crippen molar-refractivity contribution in [2.45, 2.75) is 19.3 Å². The Hall–Kier alpha value is -0.900. The minimum absolute atomic E-state index is 0.130. The van der Waals surface area contributed by atoms with Crippen molar-refractivity contribution in [3.8, 4) is 0 Å². The second-order valence-corrected chi connectivity index (χ2v) is 5.44. The Balaban J connectivity index is 1.91.